The van der Waals surface area contributed by atoms with Gasteiger partial charge < -0.3 is 5.11 Å². The molecule has 0 unspecified atom stereocenters. The lowest BCUT2D eigenvalue weighted by atomic mass is 10.2. The highest BCUT2D eigenvalue weighted by atomic mass is 16.4. The number of hydrogen-bond donors (Lipinski definition) is 1. The van der Waals surface area contributed by atoms with Gasteiger partial charge in [0.1, 0.15) is 11.9 Å². The van der Waals surface area contributed by atoms with Crippen LogP contribution in [0.3, 0.4) is 0 Å². The molecule has 0 aromatic carbocycles. The molecule has 0 fully saturated rings. The maximum absolute atomic E-state index is 11.1. The number of carboxylic acid groups (broad SMARTS) is 1. The average Bonchev–Trinajstić information content (AvgIpc) is 2.54. The summed E-state index contributed by atoms with van der Waals surface area (Å²) in [5.41, 5.74) is 2.07. The molecule has 2 rings (SSSR count). The summed E-state index contributed by atoms with van der Waals surface area (Å²) in [5.74, 6) is -0.400. The van der Waals surface area contributed by atoms with Crippen molar-refractivity contribution in [2.45, 2.75) is 20.8 Å². The molecule has 88 valence electrons. The molecule has 6 heteroatoms. The molecule has 0 saturated heterocycles. The van der Waals surface area contributed by atoms with Crippen molar-refractivity contribution in [3.05, 3.63) is 35.0 Å². The van der Waals surface area contributed by atoms with Crippen LogP contribution in [-0.4, -0.2) is 30.8 Å². The van der Waals surface area contributed by atoms with Gasteiger partial charge in [-0.1, -0.05) is 0 Å². The molecule has 17 heavy (non-hydrogen) atoms. The van der Waals surface area contributed by atoms with Gasteiger partial charge in [-0.05, 0) is 20.8 Å². The van der Waals surface area contributed by atoms with Crippen molar-refractivity contribution in [3.8, 4) is 5.82 Å². The number of nitrogens with zero attached hydrogens (tertiary/aromatic N) is 4. The molecule has 0 saturated carbocycles. The van der Waals surface area contributed by atoms with Crippen LogP contribution < -0.4 is 0 Å². The van der Waals surface area contributed by atoms with Crippen LogP contribution in [0.15, 0.2) is 12.4 Å². The van der Waals surface area contributed by atoms with Crippen molar-refractivity contribution in [2.75, 3.05) is 0 Å². The Labute approximate surface area is 98.0 Å². The van der Waals surface area contributed by atoms with Gasteiger partial charge in [0.25, 0.3) is 0 Å². The molecule has 0 amide bonds. The SMILES string of the molecule is Cc1cc(-n2nc(C)c(C(=O)O)c2C)ncn1. The van der Waals surface area contributed by atoms with E-state index in [1.54, 1.807) is 19.9 Å². The summed E-state index contributed by atoms with van der Waals surface area (Å²) in [6.45, 7) is 5.22. The minimum absolute atomic E-state index is 0.223. The Morgan fingerprint density at radius 1 is 1.29 bits per heavy atom. The molecule has 0 aliphatic rings. The third-order valence-electron chi connectivity index (χ3n) is 2.51. The lowest BCUT2D eigenvalue weighted by Gasteiger charge is -2.03. The van der Waals surface area contributed by atoms with E-state index in [2.05, 4.69) is 15.1 Å². The zero-order valence-corrected chi connectivity index (χ0v) is 9.80. The molecule has 0 radical (unpaired) electrons. The van der Waals surface area contributed by atoms with Gasteiger partial charge in [0.2, 0.25) is 0 Å². The summed E-state index contributed by atoms with van der Waals surface area (Å²) in [6.07, 6.45) is 1.43. The number of carbonyl (C=O) groups is 1. The molecule has 6 nitrogen and oxygen atoms in total. The number of aromatic carboxylic acids is 1. The van der Waals surface area contributed by atoms with Crippen LogP contribution in [0.25, 0.3) is 5.82 Å². The van der Waals surface area contributed by atoms with Crippen molar-refractivity contribution in [1.29, 1.82) is 0 Å². The normalized spacial score (nSPS) is 10.5. The van der Waals surface area contributed by atoms with E-state index in [0.29, 0.717) is 17.2 Å². The first-order valence-corrected chi connectivity index (χ1v) is 5.09. The van der Waals surface area contributed by atoms with Crippen LogP contribution in [0.2, 0.25) is 0 Å². The Morgan fingerprint density at radius 2 is 2.00 bits per heavy atom. The standard InChI is InChI=1S/C11H12N4O2/c1-6-4-9(13-5-12-6)15-8(3)10(11(16)17)7(2)14-15/h4-5H,1-3H3,(H,16,17). The summed E-state index contributed by atoms with van der Waals surface area (Å²) in [4.78, 5) is 19.1. The van der Waals surface area contributed by atoms with Crippen molar-refractivity contribution in [3.63, 3.8) is 0 Å². The second-order valence-electron chi connectivity index (χ2n) is 3.78. The number of aromatic nitrogens is 4. The third kappa shape index (κ3) is 1.89. The van der Waals surface area contributed by atoms with Crippen molar-refractivity contribution < 1.29 is 9.90 Å². The molecule has 2 heterocycles. The number of carboxylic acids is 1. The monoisotopic (exact) mass is 232 g/mol. The van der Waals surface area contributed by atoms with Crippen LogP contribution in [0.1, 0.15) is 27.4 Å². The Hall–Kier alpha value is -2.24. The summed E-state index contributed by atoms with van der Waals surface area (Å²) in [6, 6.07) is 1.76. The molecular formula is C11H12N4O2. The minimum Gasteiger partial charge on any atom is -0.478 e. The van der Waals surface area contributed by atoms with Gasteiger partial charge in [0.05, 0.1) is 11.4 Å². The van der Waals surface area contributed by atoms with Gasteiger partial charge in [0, 0.05) is 11.8 Å². The fourth-order valence-electron chi connectivity index (χ4n) is 1.73. The van der Waals surface area contributed by atoms with E-state index in [9.17, 15) is 4.79 Å². The molecular weight excluding hydrogens is 220 g/mol. The van der Waals surface area contributed by atoms with Gasteiger partial charge >= 0.3 is 5.97 Å². The fraction of sp³-hybridized carbons (Fsp3) is 0.273. The van der Waals surface area contributed by atoms with Crippen LogP contribution in [0, 0.1) is 20.8 Å². The van der Waals surface area contributed by atoms with E-state index < -0.39 is 5.97 Å². The predicted molar refractivity (Wildman–Crippen MR) is 60.3 cm³/mol. The van der Waals surface area contributed by atoms with Gasteiger partial charge in [0.15, 0.2) is 5.82 Å². The molecule has 1 N–H and O–H groups in total. The van der Waals surface area contributed by atoms with Crippen molar-refractivity contribution in [1.82, 2.24) is 19.7 Å². The highest BCUT2D eigenvalue weighted by molar-refractivity contribution is 5.90. The summed E-state index contributed by atoms with van der Waals surface area (Å²) >= 11 is 0. The topological polar surface area (TPSA) is 80.9 Å². The van der Waals surface area contributed by atoms with E-state index in [4.69, 9.17) is 5.11 Å². The van der Waals surface area contributed by atoms with Crippen molar-refractivity contribution in [2.24, 2.45) is 0 Å². The molecule has 0 bridgehead atoms. The maximum Gasteiger partial charge on any atom is 0.339 e. The maximum atomic E-state index is 11.1. The molecule has 0 aliphatic heterocycles. The highest BCUT2D eigenvalue weighted by Crippen LogP contribution is 2.16. The zero-order valence-electron chi connectivity index (χ0n) is 9.80. The average molecular weight is 232 g/mol. The quantitative estimate of drug-likeness (QED) is 0.843. The lowest BCUT2D eigenvalue weighted by molar-refractivity contribution is 0.0695. The second kappa shape index (κ2) is 3.97. The summed E-state index contributed by atoms with van der Waals surface area (Å²) in [7, 11) is 0. The van der Waals surface area contributed by atoms with Crippen LogP contribution >= 0.6 is 0 Å². The van der Waals surface area contributed by atoms with Gasteiger partial charge in [-0.3, -0.25) is 0 Å². The first-order chi connectivity index (χ1) is 8.00. The largest absolute Gasteiger partial charge is 0.478 e. The Balaban J connectivity index is 2.62. The first kappa shape index (κ1) is 11.3. The molecule has 2 aromatic rings. The molecule has 0 spiro atoms. The summed E-state index contributed by atoms with van der Waals surface area (Å²) < 4.78 is 1.52. The van der Waals surface area contributed by atoms with Gasteiger partial charge in [-0.2, -0.15) is 5.10 Å². The van der Waals surface area contributed by atoms with Crippen LogP contribution in [0.5, 0.6) is 0 Å². The second-order valence-corrected chi connectivity index (χ2v) is 3.78. The Bertz CT molecular complexity index is 589. The molecule has 2 aromatic heterocycles. The molecule has 0 atom stereocenters. The third-order valence-corrected chi connectivity index (χ3v) is 2.51. The molecule has 0 aliphatic carbocycles. The van der Waals surface area contributed by atoms with E-state index in [1.165, 1.54) is 11.0 Å². The number of rotatable bonds is 2. The first-order valence-electron chi connectivity index (χ1n) is 5.09. The van der Waals surface area contributed by atoms with E-state index in [-0.39, 0.29) is 5.56 Å². The number of hydrogen-bond acceptors (Lipinski definition) is 4. The smallest absolute Gasteiger partial charge is 0.339 e. The lowest BCUT2D eigenvalue weighted by Crippen LogP contribution is -2.05. The predicted octanol–water partition coefficient (Wildman–Crippen LogP) is 1.29. The van der Waals surface area contributed by atoms with E-state index in [0.717, 1.165) is 5.69 Å². The van der Waals surface area contributed by atoms with Crippen LogP contribution in [-0.2, 0) is 0 Å². The fourth-order valence-corrected chi connectivity index (χ4v) is 1.73. The number of aryl methyl sites for hydroxylation is 2. The van der Waals surface area contributed by atoms with E-state index in [1.807, 2.05) is 6.92 Å². The van der Waals surface area contributed by atoms with E-state index >= 15 is 0 Å². The van der Waals surface area contributed by atoms with Crippen molar-refractivity contribution >= 4 is 5.97 Å². The van der Waals surface area contributed by atoms with Crippen LogP contribution in [0.4, 0.5) is 0 Å². The summed E-state index contributed by atoms with van der Waals surface area (Å²) in [5, 5.41) is 13.3. The Kier molecular flexibility index (Phi) is 2.63. The Morgan fingerprint density at radius 3 is 2.53 bits per heavy atom. The van der Waals surface area contributed by atoms with Gasteiger partial charge in [-0.15, -0.1) is 0 Å². The minimum atomic E-state index is -0.975. The van der Waals surface area contributed by atoms with Gasteiger partial charge in [-0.25, -0.2) is 19.4 Å². The zero-order chi connectivity index (χ0) is 12.6. The highest BCUT2D eigenvalue weighted by Gasteiger charge is 2.18.